The minimum Gasteiger partial charge on any atom is -0.460 e. The van der Waals surface area contributed by atoms with Crippen molar-refractivity contribution in [3.63, 3.8) is 0 Å². The molecule has 1 saturated heterocycles. The van der Waals surface area contributed by atoms with Crippen LogP contribution in [0.5, 0.6) is 0 Å². The SMILES string of the molecule is CC1(CN)CCN(Cc2ccc(-c3ccccc3F)o2)C1. The quantitative estimate of drug-likeness (QED) is 0.939. The lowest BCUT2D eigenvalue weighted by Gasteiger charge is -2.21. The molecule has 0 radical (unpaired) electrons. The lowest BCUT2D eigenvalue weighted by atomic mass is 9.90. The van der Waals surface area contributed by atoms with Crippen molar-refractivity contribution in [2.75, 3.05) is 19.6 Å². The molecule has 21 heavy (non-hydrogen) atoms. The predicted octanol–water partition coefficient (Wildman–Crippen LogP) is 3.26. The van der Waals surface area contributed by atoms with E-state index in [0.29, 0.717) is 17.9 Å². The second-order valence-corrected chi connectivity index (χ2v) is 6.22. The number of furan rings is 1. The predicted molar refractivity (Wildman–Crippen MR) is 81.2 cm³/mol. The van der Waals surface area contributed by atoms with Crippen molar-refractivity contribution in [2.24, 2.45) is 11.1 Å². The Morgan fingerprint density at radius 3 is 2.81 bits per heavy atom. The maximum atomic E-state index is 13.8. The zero-order chi connectivity index (χ0) is 14.9. The first-order chi connectivity index (χ1) is 10.1. The summed E-state index contributed by atoms with van der Waals surface area (Å²) in [6, 6.07) is 10.4. The van der Waals surface area contributed by atoms with Gasteiger partial charge in [0.15, 0.2) is 0 Å². The van der Waals surface area contributed by atoms with E-state index in [4.69, 9.17) is 10.2 Å². The molecule has 1 fully saturated rings. The van der Waals surface area contributed by atoms with E-state index in [1.54, 1.807) is 12.1 Å². The number of hydrogen-bond donors (Lipinski definition) is 1. The minimum absolute atomic E-state index is 0.209. The van der Waals surface area contributed by atoms with Crippen LogP contribution in [0.1, 0.15) is 19.1 Å². The maximum Gasteiger partial charge on any atom is 0.137 e. The van der Waals surface area contributed by atoms with Crippen LogP contribution >= 0.6 is 0 Å². The van der Waals surface area contributed by atoms with Crippen LogP contribution in [0.15, 0.2) is 40.8 Å². The third-order valence-corrected chi connectivity index (χ3v) is 4.31. The monoisotopic (exact) mass is 288 g/mol. The Bertz CT molecular complexity index is 625. The number of rotatable bonds is 4. The third kappa shape index (κ3) is 3.01. The Kier molecular flexibility index (Phi) is 3.83. The highest BCUT2D eigenvalue weighted by Gasteiger charge is 2.32. The van der Waals surface area contributed by atoms with E-state index in [0.717, 1.165) is 31.8 Å². The highest BCUT2D eigenvalue weighted by molar-refractivity contribution is 5.58. The molecule has 1 aromatic heterocycles. The van der Waals surface area contributed by atoms with Gasteiger partial charge in [-0.1, -0.05) is 19.1 Å². The van der Waals surface area contributed by atoms with Gasteiger partial charge in [0, 0.05) is 6.54 Å². The van der Waals surface area contributed by atoms with E-state index in [-0.39, 0.29) is 11.2 Å². The molecule has 2 aromatic rings. The van der Waals surface area contributed by atoms with Crippen LogP contribution in [-0.4, -0.2) is 24.5 Å². The van der Waals surface area contributed by atoms with Crippen LogP contribution in [0.4, 0.5) is 4.39 Å². The van der Waals surface area contributed by atoms with Crippen molar-refractivity contribution in [1.29, 1.82) is 0 Å². The Balaban J connectivity index is 1.71. The smallest absolute Gasteiger partial charge is 0.137 e. The summed E-state index contributed by atoms with van der Waals surface area (Å²) in [6.07, 6.45) is 1.12. The summed E-state index contributed by atoms with van der Waals surface area (Å²) < 4.78 is 19.6. The Labute approximate surface area is 124 Å². The zero-order valence-corrected chi connectivity index (χ0v) is 12.3. The molecule has 1 aliphatic rings. The molecule has 3 rings (SSSR count). The number of likely N-dealkylation sites (tertiary alicyclic amines) is 1. The van der Waals surface area contributed by atoms with Gasteiger partial charge in [0.25, 0.3) is 0 Å². The Morgan fingerprint density at radius 2 is 2.10 bits per heavy atom. The molecule has 0 saturated carbocycles. The van der Waals surface area contributed by atoms with Crippen LogP contribution < -0.4 is 5.73 Å². The molecular weight excluding hydrogens is 267 g/mol. The van der Waals surface area contributed by atoms with Crippen molar-refractivity contribution in [3.8, 4) is 11.3 Å². The Hall–Kier alpha value is -1.65. The highest BCUT2D eigenvalue weighted by atomic mass is 19.1. The second-order valence-electron chi connectivity index (χ2n) is 6.22. The van der Waals surface area contributed by atoms with Gasteiger partial charge < -0.3 is 10.2 Å². The molecule has 0 aliphatic carbocycles. The van der Waals surface area contributed by atoms with Crippen molar-refractivity contribution in [2.45, 2.75) is 19.9 Å². The van der Waals surface area contributed by atoms with Gasteiger partial charge in [0.2, 0.25) is 0 Å². The molecule has 1 aliphatic heterocycles. The largest absolute Gasteiger partial charge is 0.460 e. The summed E-state index contributed by atoms with van der Waals surface area (Å²) in [4.78, 5) is 2.34. The lowest BCUT2D eigenvalue weighted by molar-refractivity contribution is 0.257. The van der Waals surface area contributed by atoms with Gasteiger partial charge >= 0.3 is 0 Å². The summed E-state index contributed by atoms with van der Waals surface area (Å²) in [5, 5.41) is 0. The third-order valence-electron chi connectivity index (χ3n) is 4.31. The molecule has 2 N–H and O–H groups in total. The molecule has 1 unspecified atom stereocenters. The molecule has 1 aromatic carbocycles. The fraction of sp³-hybridized carbons (Fsp3) is 0.412. The molecule has 4 heteroatoms. The first kappa shape index (κ1) is 14.3. The van der Waals surface area contributed by atoms with E-state index in [2.05, 4.69) is 11.8 Å². The molecule has 2 heterocycles. The summed E-state index contributed by atoms with van der Waals surface area (Å²) in [5.41, 5.74) is 6.55. The van der Waals surface area contributed by atoms with Gasteiger partial charge in [-0.2, -0.15) is 0 Å². The molecule has 1 atom stereocenters. The highest BCUT2D eigenvalue weighted by Crippen LogP contribution is 2.31. The standard InChI is InChI=1S/C17H21FN2O/c1-17(11-19)8-9-20(12-17)10-13-6-7-16(21-13)14-4-2-3-5-15(14)18/h2-7H,8-12,19H2,1H3. The van der Waals surface area contributed by atoms with Crippen LogP contribution in [-0.2, 0) is 6.54 Å². The molecular formula is C17H21FN2O. The molecule has 0 spiro atoms. The number of benzene rings is 1. The zero-order valence-electron chi connectivity index (χ0n) is 12.3. The van der Waals surface area contributed by atoms with E-state index in [1.165, 1.54) is 6.07 Å². The molecule has 3 nitrogen and oxygen atoms in total. The lowest BCUT2D eigenvalue weighted by Crippen LogP contribution is -2.31. The van der Waals surface area contributed by atoms with E-state index in [9.17, 15) is 4.39 Å². The number of hydrogen-bond acceptors (Lipinski definition) is 3. The number of nitrogens with zero attached hydrogens (tertiary/aromatic N) is 1. The van der Waals surface area contributed by atoms with Gasteiger partial charge in [0.05, 0.1) is 12.1 Å². The van der Waals surface area contributed by atoms with Crippen LogP contribution in [0, 0.1) is 11.2 Å². The van der Waals surface area contributed by atoms with Crippen molar-refractivity contribution in [1.82, 2.24) is 4.90 Å². The minimum atomic E-state index is -0.254. The maximum absolute atomic E-state index is 13.8. The summed E-state index contributed by atoms with van der Waals surface area (Å²) >= 11 is 0. The van der Waals surface area contributed by atoms with Gasteiger partial charge in [-0.3, -0.25) is 4.90 Å². The van der Waals surface area contributed by atoms with Crippen LogP contribution in [0.25, 0.3) is 11.3 Å². The number of halogens is 1. The molecule has 0 bridgehead atoms. The molecule has 0 amide bonds. The van der Waals surface area contributed by atoms with Crippen molar-refractivity contribution < 1.29 is 8.81 Å². The fourth-order valence-corrected chi connectivity index (χ4v) is 2.92. The fourth-order valence-electron chi connectivity index (χ4n) is 2.92. The van der Waals surface area contributed by atoms with E-state index < -0.39 is 0 Å². The summed E-state index contributed by atoms with van der Waals surface area (Å²) in [6.45, 7) is 5.70. The van der Waals surface area contributed by atoms with E-state index >= 15 is 0 Å². The second kappa shape index (κ2) is 5.62. The van der Waals surface area contributed by atoms with Crippen molar-refractivity contribution >= 4 is 0 Å². The Morgan fingerprint density at radius 1 is 1.29 bits per heavy atom. The van der Waals surface area contributed by atoms with Gasteiger partial charge in [-0.25, -0.2) is 4.39 Å². The average molecular weight is 288 g/mol. The van der Waals surface area contributed by atoms with Gasteiger partial charge in [-0.05, 0) is 49.2 Å². The first-order valence-corrected chi connectivity index (χ1v) is 7.36. The topological polar surface area (TPSA) is 42.4 Å². The molecule has 112 valence electrons. The summed E-state index contributed by atoms with van der Waals surface area (Å²) in [5.74, 6) is 1.20. The van der Waals surface area contributed by atoms with Gasteiger partial charge in [-0.15, -0.1) is 0 Å². The average Bonchev–Trinajstić information content (AvgIpc) is 3.08. The van der Waals surface area contributed by atoms with E-state index in [1.807, 2.05) is 18.2 Å². The normalized spacial score (nSPS) is 22.8. The van der Waals surface area contributed by atoms with Gasteiger partial charge in [0.1, 0.15) is 17.3 Å². The van der Waals surface area contributed by atoms with Crippen LogP contribution in [0.3, 0.4) is 0 Å². The summed E-state index contributed by atoms with van der Waals surface area (Å²) in [7, 11) is 0. The van der Waals surface area contributed by atoms with Crippen LogP contribution in [0.2, 0.25) is 0 Å². The number of nitrogens with two attached hydrogens (primary N) is 1. The van der Waals surface area contributed by atoms with Crippen molar-refractivity contribution in [3.05, 3.63) is 48.0 Å². The first-order valence-electron chi connectivity index (χ1n) is 7.36.